The highest BCUT2D eigenvalue weighted by Gasteiger charge is 2.34. The Morgan fingerprint density at radius 2 is 1.80 bits per heavy atom. The maximum absolute atomic E-state index is 13.4. The van der Waals surface area contributed by atoms with Crippen molar-refractivity contribution in [1.82, 2.24) is 4.90 Å². The number of ether oxygens (including phenoxy) is 2. The van der Waals surface area contributed by atoms with Crippen LogP contribution in [-0.4, -0.2) is 59.9 Å². The average molecular weight is 578 g/mol. The summed E-state index contributed by atoms with van der Waals surface area (Å²) in [5.41, 5.74) is 1.82. The van der Waals surface area contributed by atoms with E-state index in [4.69, 9.17) is 21.7 Å². The lowest BCUT2D eigenvalue weighted by molar-refractivity contribution is -0.137. The van der Waals surface area contributed by atoms with Crippen molar-refractivity contribution in [1.29, 1.82) is 0 Å². The van der Waals surface area contributed by atoms with Gasteiger partial charge in [-0.1, -0.05) is 48.2 Å². The lowest BCUT2D eigenvalue weighted by atomic mass is 10.1. The molecule has 2 fully saturated rings. The number of benzene rings is 3. The molecule has 0 spiro atoms. The van der Waals surface area contributed by atoms with Gasteiger partial charge in [-0.2, -0.15) is 0 Å². The van der Waals surface area contributed by atoms with Crippen LogP contribution in [0.4, 0.5) is 15.8 Å². The van der Waals surface area contributed by atoms with Gasteiger partial charge in [0, 0.05) is 29.9 Å². The van der Waals surface area contributed by atoms with Crippen molar-refractivity contribution < 1.29 is 28.2 Å². The van der Waals surface area contributed by atoms with Crippen molar-refractivity contribution >= 4 is 63.5 Å². The van der Waals surface area contributed by atoms with Crippen LogP contribution in [-0.2, 0) is 14.3 Å². The Morgan fingerprint density at radius 3 is 2.58 bits per heavy atom. The van der Waals surface area contributed by atoms with Crippen LogP contribution in [0.3, 0.4) is 0 Å². The minimum atomic E-state index is -0.410. The zero-order valence-corrected chi connectivity index (χ0v) is 22.8. The van der Waals surface area contributed by atoms with E-state index in [0.29, 0.717) is 63.8 Å². The molecule has 204 valence electrons. The average Bonchev–Trinajstić information content (AvgIpc) is 3.26. The molecule has 11 heteroatoms. The van der Waals surface area contributed by atoms with Gasteiger partial charge in [-0.05, 0) is 54.6 Å². The van der Waals surface area contributed by atoms with Crippen molar-refractivity contribution in [3.8, 4) is 5.75 Å². The second-order valence-electron chi connectivity index (χ2n) is 8.85. The smallest absolute Gasteiger partial charge is 0.270 e. The maximum Gasteiger partial charge on any atom is 0.270 e. The molecule has 2 saturated heterocycles. The zero-order chi connectivity index (χ0) is 28.1. The number of hydrogen-bond donors (Lipinski definition) is 1. The second kappa shape index (κ2) is 12.4. The van der Waals surface area contributed by atoms with Crippen molar-refractivity contribution in [2.45, 2.75) is 0 Å². The Labute approximate surface area is 239 Å². The first-order valence-corrected chi connectivity index (χ1v) is 13.6. The maximum atomic E-state index is 13.4. The van der Waals surface area contributed by atoms with Crippen molar-refractivity contribution in [2.24, 2.45) is 0 Å². The summed E-state index contributed by atoms with van der Waals surface area (Å²) in [7, 11) is 0. The summed E-state index contributed by atoms with van der Waals surface area (Å²) in [6.07, 6.45) is 1.68. The van der Waals surface area contributed by atoms with Crippen molar-refractivity contribution in [3.05, 3.63) is 94.6 Å². The topological polar surface area (TPSA) is 88.2 Å². The number of morpholine rings is 1. The van der Waals surface area contributed by atoms with E-state index < -0.39 is 11.7 Å². The second-order valence-corrected chi connectivity index (χ2v) is 10.5. The predicted octanol–water partition coefficient (Wildman–Crippen LogP) is 4.72. The third kappa shape index (κ3) is 6.39. The number of nitrogens with one attached hydrogen (secondary N) is 1. The Kier molecular flexibility index (Phi) is 8.54. The summed E-state index contributed by atoms with van der Waals surface area (Å²) in [4.78, 5) is 42.1. The summed E-state index contributed by atoms with van der Waals surface area (Å²) < 4.78 is 24.6. The number of hydrogen-bond acceptors (Lipinski definition) is 7. The third-order valence-corrected chi connectivity index (χ3v) is 7.49. The summed E-state index contributed by atoms with van der Waals surface area (Å²) >= 11 is 6.64. The Bertz CT molecular complexity index is 1490. The van der Waals surface area contributed by atoms with Gasteiger partial charge in [0.25, 0.3) is 17.7 Å². The fourth-order valence-corrected chi connectivity index (χ4v) is 5.42. The van der Waals surface area contributed by atoms with Crippen LogP contribution >= 0.6 is 24.0 Å². The number of halogens is 1. The molecule has 3 aromatic rings. The standard InChI is InChI=1S/C29H24FN3O5S2/c30-21-8-10-22(11-9-21)31-27(35)20-5-3-6-23(16-20)33-28(36)25(40-29(33)39)17-19-4-1-2-7-24(19)38-18-26(34)32-12-14-37-15-13-32/h1-11,16-17H,12-15,18H2,(H,31,35)/b25-17+. The third-order valence-electron chi connectivity index (χ3n) is 6.18. The molecular weight excluding hydrogens is 553 g/mol. The molecule has 3 amide bonds. The van der Waals surface area contributed by atoms with Crippen LogP contribution in [0.1, 0.15) is 15.9 Å². The van der Waals surface area contributed by atoms with Crippen molar-refractivity contribution in [3.63, 3.8) is 0 Å². The molecule has 8 nitrogen and oxygen atoms in total. The SMILES string of the molecule is O=C(Nc1ccc(F)cc1)c1cccc(N2C(=O)/C(=C\c3ccccc3OCC(=O)N3CCOCC3)SC2=S)c1. The van der Waals surface area contributed by atoms with Gasteiger partial charge in [-0.15, -0.1) is 0 Å². The van der Waals surface area contributed by atoms with Gasteiger partial charge in [-0.3, -0.25) is 19.3 Å². The largest absolute Gasteiger partial charge is 0.483 e. The number of carbonyl (C=O) groups is 3. The molecule has 0 saturated carbocycles. The van der Waals surface area contributed by atoms with Crippen LogP contribution in [0, 0.1) is 5.82 Å². The van der Waals surface area contributed by atoms with Crippen LogP contribution in [0.25, 0.3) is 6.08 Å². The van der Waals surface area contributed by atoms with E-state index in [-0.39, 0.29) is 18.4 Å². The molecular formula is C29H24FN3O5S2. The van der Waals surface area contributed by atoms with Gasteiger partial charge in [0.1, 0.15) is 11.6 Å². The van der Waals surface area contributed by atoms with Crippen LogP contribution in [0.15, 0.2) is 77.7 Å². The number of thioether (sulfide) groups is 1. The number of anilines is 2. The first-order valence-electron chi connectivity index (χ1n) is 12.4. The molecule has 2 aliphatic heterocycles. The molecule has 0 bridgehead atoms. The number of para-hydroxylation sites is 1. The molecule has 40 heavy (non-hydrogen) atoms. The lowest BCUT2D eigenvalue weighted by Gasteiger charge is -2.26. The highest BCUT2D eigenvalue weighted by Crippen LogP contribution is 2.37. The van der Waals surface area contributed by atoms with E-state index in [0.717, 1.165) is 11.8 Å². The molecule has 2 aliphatic rings. The molecule has 3 aromatic carbocycles. The normalized spacial score (nSPS) is 16.4. The van der Waals surface area contributed by atoms with Crippen LogP contribution in [0.5, 0.6) is 5.75 Å². The molecule has 0 unspecified atom stereocenters. The zero-order valence-electron chi connectivity index (χ0n) is 21.2. The number of amides is 3. The first-order chi connectivity index (χ1) is 19.4. The fourth-order valence-electron chi connectivity index (χ4n) is 4.13. The number of rotatable bonds is 7. The summed E-state index contributed by atoms with van der Waals surface area (Å²) in [5, 5.41) is 2.71. The van der Waals surface area contributed by atoms with E-state index in [1.807, 2.05) is 6.07 Å². The Balaban J connectivity index is 1.30. The highest BCUT2D eigenvalue weighted by atomic mass is 32.2. The van der Waals surface area contributed by atoms with E-state index in [2.05, 4.69) is 5.32 Å². The van der Waals surface area contributed by atoms with Gasteiger partial charge in [-0.25, -0.2) is 4.39 Å². The van der Waals surface area contributed by atoms with Crippen LogP contribution < -0.4 is 15.0 Å². The molecule has 5 rings (SSSR count). The van der Waals surface area contributed by atoms with Gasteiger partial charge in [0.05, 0.1) is 23.8 Å². The number of carbonyl (C=O) groups excluding carboxylic acids is 3. The van der Waals surface area contributed by atoms with Crippen molar-refractivity contribution in [2.75, 3.05) is 43.1 Å². The first kappa shape index (κ1) is 27.5. The van der Waals surface area contributed by atoms with Gasteiger partial charge >= 0.3 is 0 Å². The Morgan fingerprint density at radius 1 is 1.05 bits per heavy atom. The highest BCUT2D eigenvalue weighted by molar-refractivity contribution is 8.27. The molecule has 0 radical (unpaired) electrons. The molecule has 0 aromatic heterocycles. The minimum Gasteiger partial charge on any atom is -0.483 e. The lowest BCUT2D eigenvalue weighted by Crippen LogP contribution is -2.43. The van der Waals surface area contributed by atoms with Gasteiger partial charge in [0.2, 0.25) is 0 Å². The summed E-state index contributed by atoms with van der Waals surface area (Å²) in [6, 6.07) is 19.1. The van der Waals surface area contributed by atoms with Gasteiger partial charge in [0.15, 0.2) is 10.9 Å². The molecule has 0 aliphatic carbocycles. The van der Waals surface area contributed by atoms with E-state index in [1.165, 1.54) is 29.2 Å². The quantitative estimate of drug-likeness (QED) is 0.321. The summed E-state index contributed by atoms with van der Waals surface area (Å²) in [6.45, 7) is 1.94. The predicted molar refractivity (Wildman–Crippen MR) is 156 cm³/mol. The minimum absolute atomic E-state index is 0.126. The molecule has 2 heterocycles. The molecule has 1 N–H and O–H groups in total. The summed E-state index contributed by atoms with van der Waals surface area (Å²) in [5.74, 6) is -0.822. The van der Waals surface area contributed by atoms with Gasteiger partial charge < -0.3 is 19.7 Å². The van der Waals surface area contributed by atoms with E-state index >= 15 is 0 Å². The molecule has 0 atom stereocenters. The van der Waals surface area contributed by atoms with E-state index in [9.17, 15) is 18.8 Å². The van der Waals surface area contributed by atoms with E-state index in [1.54, 1.807) is 53.4 Å². The Hall–Kier alpha value is -4.06. The number of nitrogens with zero attached hydrogens (tertiary/aromatic N) is 2. The number of thiocarbonyl (C=S) groups is 1. The monoisotopic (exact) mass is 577 g/mol. The van der Waals surface area contributed by atoms with Crippen LogP contribution in [0.2, 0.25) is 0 Å². The fraction of sp³-hybridized carbons (Fsp3) is 0.172.